The number of nitrogen functional groups attached to an aromatic ring is 1. The van der Waals surface area contributed by atoms with Crippen molar-refractivity contribution in [3.8, 4) is 0 Å². The summed E-state index contributed by atoms with van der Waals surface area (Å²) in [6.45, 7) is -0.186. The first-order chi connectivity index (χ1) is 8.61. The van der Waals surface area contributed by atoms with Gasteiger partial charge in [0.2, 0.25) is 0 Å². The molecule has 1 aromatic carbocycles. The molecule has 0 spiro atoms. The molecule has 0 aliphatic heterocycles. The van der Waals surface area contributed by atoms with E-state index in [1.54, 1.807) is 18.2 Å². The van der Waals surface area contributed by atoms with E-state index in [-0.39, 0.29) is 6.54 Å². The van der Waals surface area contributed by atoms with E-state index >= 15 is 0 Å². The number of fused-ring (bicyclic) bond motifs is 1. The molecule has 0 aliphatic carbocycles. The molecule has 2 unspecified atom stereocenters. The Hall–Kier alpha value is -1.86. The molecule has 2 atom stereocenters. The standard InChI is InChI=1S/C10H11N5O2S/c11-10-14-6-3-5(1-2-8(6)18-10)9(17)7(16)4-13-15-12/h1-3,7,9,16-17H,4H2,(H2,11,14). The van der Waals surface area contributed by atoms with Crippen LogP contribution in [0.25, 0.3) is 20.7 Å². The lowest BCUT2D eigenvalue weighted by Gasteiger charge is -2.15. The number of nitrogens with two attached hydrogens (primary N) is 1. The van der Waals surface area contributed by atoms with Crippen LogP contribution in [0.4, 0.5) is 5.13 Å². The number of thiazole rings is 1. The molecule has 4 N–H and O–H groups in total. The predicted molar refractivity (Wildman–Crippen MR) is 69.0 cm³/mol. The van der Waals surface area contributed by atoms with Crippen molar-refractivity contribution in [2.24, 2.45) is 5.11 Å². The molecule has 18 heavy (non-hydrogen) atoms. The third-order valence-corrected chi connectivity index (χ3v) is 3.33. The van der Waals surface area contributed by atoms with Crippen molar-refractivity contribution in [3.05, 3.63) is 34.2 Å². The van der Waals surface area contributed by atoms with Crippen molar-refractivity contribution in [1.29, 1.82) is 0 Å². The summed E-state index contributed by atoms with van der Waals surface area (Å²) in [5.41, 5.74) is 14.9. The van der Waals surface area contributed by atoms with Crippen LogP contribution in [-0.2, 0) is 0 Å². The fraction of sp³-hybridized carbons (Fsp3) is 0.300. The van der Waals surface area contributed by atoms with Crippen molar-refractivity contribution in [2.45, 2.75) is 12.2 Å². The van der Waals surface area contributed by atoms with Crippen LogP contribution in [0.15, 0.2) is 23.3 Å². The molecule has 0 fully saturated rings. The van der Waals surface area contributed by atoms with E-state index in [1.807, 2.05) is 0 Å². The number of hydrogen-bond acceptors (Lipinski definition) is 6. The van der Waals surface area contributed by atoms with Gasteiger partial charge in [0.25, 0.3) is 0 Å². The molecular weight excluding hydrogens is 254 g/mol. The van der Waals surface area contributed by atoms with Gasteiger partial charge in [0.1, 0.15) is 6.10 Å². The fourth-order valence-corrected chi connectivity index (χ4v) is 2.30. The Morgan fingerprint density at radius 1 is 1.50 bits per heavy atom. The molecule has 0 saturated carbocycles. The second-order valence-electron chi connectivity index (χ2n) is 3.70. The lowest BCUT2D eigenvalue weighted by atomic mass is 10.0. The van der Waals surface area contributed by atoms with Crippen LogP contribution < -0.4 is 5.73 Å². The second-order valence-corrected chi connectivity index (χ2v) is 4.77. The van der Waals surface area contributed by atoms with Crippen molar-refractivity contribution in [3.63, 3.8) is 0 Å². The van der Waals surface area contributed by atoms with Crippen LogP contribution in [0.1, 0.15) is 11.7 Å². The highest BCUT2D eigenvalue weighted by atomic mass is 32.1. The molecular formula is C10H11N5O2S. The molecule has 8 heteroatoms. The minimum atomic E-state index is -1.14. The van der Waals surface area contributed by atoms with Gasteiger partial charge in [0.15, 0.2) is 5.13 Å². The number of anilines is 1. The first kappa shape index (κ1) is 12.6. The van der Waals surface area contributed by atoms with E-state index in [9.17, 15) is 10.2 Å². The zero-order valence-corrected chi connectivity index (χ0v) is 10.1. The van der Waals surface area contributed by atoms with E-state index in [4.69, 9.17) is 11.3 Å². The zero-order chi connectivity index (χ0) is 13.1. The fourth-order valence-electron chi connectivity index (χ4n) is 1.59. The molecule has 0 bridgehead atoms. The zero-order valence-electron chi connectivity index (χ0n) is 9.26. The highest BCUT2D eigenvalue weighted by Gasteiger charge is 2.18. The topological polar surface area (TPSA) is 128 Å². The summed E-state index contributed by atoms with van der Waals surface area (Å²) < 4.78 is 0.910. The monoisotopic (exact) mass is 265 g/mol. The molecule has 1 aromatic heterocycles. The summed E-state index contributed by atoms with van der Waals surface area (Å²) in [5.74, 6) is 0. The number of rotatable bonds is 4. The normalized spacial score (nSPS) is 14.1. The van der Waals surface area contributed by atoms with Crippen LogP contribution in [-0.4, -0.2) is 27.8 Å². The van der Waals surface area contributed by atoms with Gasteiger partial charge in [0.05, 0.1) is 22.9 Å². The summed E-state index contributed by atoms with van der Waals surface area (Å²) in [6.07, 6.45) is -2.27. The lowest BCUT2D eigenvalue weighted by molar-refractivity contribution is 0.0245. The van der Waals surface area contributed by atoms with E-state index in [0.717, 1.165) is 4.70 Å². The molecule has 0 amide bonds. The van der Waals surface area contributed by atoms with Gasteiger partial charge in [-0.25, -0.2) is 4.98 Å². The Balaban J connectivity index is 2.26. The van der Waals surface area contributed by atoms with Gasteiger partial charge in [-0.15, -0.1) is 0 Å². The highest BCUT2D eigenvalue weighted by molar-refractivity contribution is 7.22. The van der Waals surface area contributed by atoms with Gasteiger partial charge in [-0.1, -0.05) is 22.5 Å². The summed E-state index contributed by atoms with van der Waals surface area (Å²) in [4.78, 5) is 6.63. The SMILES string of the molecule is [N-]=[N+]=NCC(O)C(O)c1ccc2sc(N)nc2c1. The Labute approximate surface area is 106 Å². The van der Waals surface area contributed by atoms with E-state index in [2.05, 4.69) is 15.0 Å². The van der Waals surface area contributed by atoms with Crippen LogP contribution in [0, 0.1) is 0 Å². The Kier molecular flexibility index (Phi) is 3.63. The number of aliphatic hydroxyl groups excluding tert-OH is 2. The van der Waals surface area contributed by atoms with E-state index in [1.165, 1.54) is 11.3 Å². The Bertz CT molecular complexity index is 607. The molecule has 0 saturated heterocycles. The van der Waals surface area contributed by atoms with Crippen LogP contribution in [0.3, 0.4) is 0 Å². The summed E-state index contributed by atoms with van der Waals surface area (Å²) in [7, 11) is 0. The maximum absolute atomic E-state index is 9.89. The molecule has 1 heterocycles. The molecule has 2 rings (SSSR count). The lowest BCUT2D eigenvalue weighted by Crippen LogP contribution is -2.21. The van der Waals surface area contributed by atoms with Crippen molar-refractivity contribution < 1.29 is 10.2 Å². The van der Waals surface area contributed by atoms with Gasteiger partial charge in [-0.2, -0.15) is 0 Å². The average Bonchev–Trinajstić information content (AvgIpc) is 2.73. The second kappa shape index (κ2) is 5.19. The molecule has 0 radical (unpaired) electrons. The average molecular weight is 265 g/mol. The Morgan fingerprint density at radius 3 is 3.00 bits per heavy atom. The Morgan fingerprint density at radius 2 is 2.28 bits per heavy atom. The van der Waals surface area contributed by atoms with E-state index in [0.29, 0.717) is 16.2 Å². The minimum Gasteiger partial charge on any atom is -0.390 e. The van der Waals surface area contributed by atoms with Crippen molar-refractivity contribution in [1.82, 2.24) is 4.98 Å². The van der Waals surface area contributed by atoms with E-state index < -0.39 is 12.2 Å². The minimum absolute atomic E-state index is 0.186. The van der Waals surface area contributed by atoms with Crippen LogP contribution >= 0.6 is 11.3 Å². The van der Waals surface area contributed by atoms with Gasteiger partial charge in [0, 0.05) is 4.91 Å². The maximum atomic E-state index is 9.89. The summed E-state index contributed by atoms with van der Waals surface area (Å²) >= 11 is 1.35. The number of nitrogens with zero attached hydrogens (tertiary/aromatic N) is 4. The summed E-state index contributed by atoms with van der Waals surface area (Å²) in [5, 5.41) is 23.2. The van der Waals surface area contributed by atoms with Gasteiger partial charge in [-0.3, -0.25) is 0 Å². The van der Waals surface area contributed by atoms with Gasteiger partial charge >= 0.3 is 0 Å². The quantitative estimate of drug-likeness (QED) is 0.440. The first-order valence-electron chi connectivity index (χ1n) is 5.15. The molecule has 0 aliphatic rings. The van der Waals surface area contributed by atoms with Gasteiger partial charge < -0.3 is 15.9 Å². The van der Waals surface area contributed by atoms with Crippen molar-refractivity contribution in [2.75, 3.05) is 12.3 Å². The molecule has 7 nitrogen and oxygen atoms in total. The number of aromatic nitrogens is 1. The largest absolute Gasteiger partial charge is 0.390 e. The number of aliphatic hydroxyl groups is 2. The van der Waals surface area contributed by atoms with Crippen LogP contribution in [0.5, 0.6) is 0 Å². The van der Waals surface area contributed by atoms with Gasteiger partial charge in [-0.05, 0) is 23.2 Å². The molecule has 94 valence electrons. The van der Waals surface area contributed by atoms with Crippen LogP contribution in [0.2, 0.25) is 0 Å². The number of hydrogen-bond donors (Lipinski definition) is 3. The third kappa shape index (κ3) is 2.52. The first-order valence-corrected chi connectivity index (χ1v) is 5.96. The number of benzene rings is 1. The summed E-state index contributed by atoms with van der Waals surface area (Å²) in [6, 6.07) is 5.12. The maximum Gasteiger partial charge on any atom is 0.181 e. The number of azide groups is 1. The smallest absolute Gasteiger partial charge is 0.181 e. The van der Waals surface area contributed by atoms with Crippen molar-refractivity contribution >= 4 is 26.7 Å². The predicted octanol–water partition coefficient (Wildman–Crippen LogP) is 1.58. The third-order valence-electron chi connectivity index (χ3n) is 2.47. The highest BCUT2D eigenvalue weighted by Crippen LogP contribution is 2.27. The molecule has 2 aromatic rings.